The molecule has 0 spiro atoms. The monoisotopic (exact) mass is 269 g/mol. The molecule has 20 heavy (non-hydrogen) atoms. The van der Waals surface area contributed by atoms with Crippen LogP contribution in [0.5, 0.6) is 0 Å². The first-order chi connectivity index (χ1) is 9.61. The first kappa shape index (κ1) is 12.8. The van der Waals surface area contributed by atoms with E-state index in [0.717, 1.165) is 29.2 Å². The maximum absolute atomic E-state index is 5.71. The summed E-state index contributed by atoms with van der Waals surface area (Å²) in [6, 6.07) is 8.15. The van der Waals surface area contributed by atoms with Crippen LogP contribution in [0.3, 0.4) is 0 Å². The molecule has 1 aromatic carbocycles. The van der Waals surface area contributed by atoms with E-state index < -0.39 is 0 Å². The quantitative estimate of drug-likeness (QED) is 0.781. The lowest BCUT2D eigenvalue weighted by molar-refractivity contribution is 0.501. The van der Waals surface area contributed by atoms with Crippen molar-refractivity contribution < 1.29 is 4.42 Å². The van der Waals surface area contributed by atoms with Crippen LogP contribution in [0.25, 0.3) is 11.1 Å². The number of oxazole rings is 1. The predicted molar refractivity (Wildman–Crippen MR) is 80.8 cm³/mol. The fourth-order valence-electron chi connectivity index (χ4n) is 2.17. The van der Waals surface area contributed by atoms with Gasteiger partial charge in [-0.05, 0) is 29.8 Å². The summed E-state index contributed by atoms with van der Waals surface area (Å²) in [5, 5.41) is 3.41. The predicted octanol–water partition coefficient (Wildman–Crippen LogP) is 3.90. The smallest absolute Gasteiger partial charge is 0.198 e. The number of rotatable bonds is 4. The average molecular weight is 269 g/mol. The second kappa shape index (κ2) is 5.04. The number of aryl methyl sites for hydroxylation is 1. The van der Waals surface area contributed by atoms with Crippen molar-refractivity contribution in [2.24, 2.45) is 7.05 Å². The maximum atomic E-state index is 5.71. The average Bonchev–Trinajstić information content (AvgIpc) is 3.01. The molecular weight excluding hydrogens is 250 g/mol. The van der Waals surface area contributed by atoms with Gasteiger partial charge >= 0.3 is 0 Å². The summed E-state index contributed by atoms with van der Waals surface area (Å²) in [5.74, 6) is 1.10. The molecule has 3 rings (SSSR count). The topological polar surface area (TPSA) is 43.0 Å². The number of nitrogens with zero attached hydrogens (tertiary/aromatic N) is 2. The standard InChI is InChI=1S/C16H19N3O/c1-11(2)16-18-14-8-13(4-5-15(14)20-16)17-9-12-6-7-19(3)10-12/h4-8,10-11,17H,9H2,1-3H3. The summed E-state index contributed by atoms with van der Waals surface area (Å²) in [4.78, 5) is 4.52. The summed E-state index contributed by atoms with van der Waals surface area (Å²) < 4.78 is 7.76. The third-order valence-corrected chi connectivity index (χ3v) is 3.29. The van der Waals surface area contributed by atoms with Crippen molar-refractivity contribution in [3.63, 3.8) is 0 Å². The molecule has 2 aromatic heterocycles. The molecule has 0 saturated heterocycles. The van der Waals surface area contributed by atoms with Crippen LogP contribution >= 0.6 is 0 Å². The van der Waals surface area contributed by atoms with E-state index >= 15 is 0 Å². The van der Waals surface area contributed by atoms with Gasteiger partial charge in [0.1, 0.15) is 5.52 Å². The van der Waals surface area contributed by atoms with Crippen LogP contribution in [0, 0.1) is 0 Å². The van der Waals surface area contributed by atoms with E-state index in [1.165, 1.54) is 5.56 Å². The van der Waals surface area contributed by atoms with Crippen molar-refractivity contribution in [3.05, 3.63) is 48.1 Å². The van der Waals surface area contributed by atoms with Crippen molar-refractivity contribution >= 4 is 16.8 Å². The van der Waals surface area contributed by atoms with Gasteiger partial charge in [0.25, 0.3) is 0 Å². The van der Waals surface area contributed by atoms with Crippen LogP contribution in [0.2, 0.25) is 0 Å². The Morgan fingerprint density at radius 1 is 1.30 bits per heavy atom. The molecule has 0 saturated carbocycles. The van der Waals surface area contributed by atoms with Gasteiger partial charge in [0.2, 0.25) is 0 Å². The zero-order valence-electron chi connectivity index (χ0n) is 12.1. The van der Waals surface area contributed by atoms with Crippen molar-refractivity contribution in [1.29, 1.82) is 0 Å². The fourth-order valence-corrected chi connectivity index (χ4v) is 2.17. The Labute approximate surface area is 118 Å². The lowest BCUT2D eigenvalue weighted by Crippen LogP contribution is -1.98. The minimum absolute atomic E-state index is 0.308. The van der Waals surface area contributed by atoms with E-state index in [1.54, 1.807) is 0 Å². The third-order valence-electron chi connectivity index (χ3n) is 3.29. The number of benzene rings is 1. The third kappa shape index (κ3) is 2.54. The second-order valence-electron chi connectivity index (χ2n) is 5.43. The van der Waals surface area contributed by atoms with Gasteiger partial charge < -0.3 is 14.3 Å². The number of anilines is 1. The van der Waals surface area contributed by atoms with Gasteiger partial charge in [0.15, 0.2) is 11.5 Å². The molecular formula is C16H19N3O. The van der Waals surface area contributed by atoms with Crippen molar-refractivity contribution in [2.75, 3.05) is 5.32 Å². The molecule has 0 fully saturated rings. The van der Waals surface area contributed by atoms with E-state index in [9.17, 15) is 0 Å². The van der Waals surface area contributed by atoms with E-state index in [4.69, 9.17) is 4.42 Å². The van der Waals surface area contributed by atoms with Crippen LogP contribution in [-0.2, 0) is 13.6 Å². The van der Waals surface area contributed by atoms with Gasteiger partial charge in [-0.3, -0.25) is 0 Å². The molecule has 0 aliphatic heterocycles. The van der Waals surface area contributed by atoms with Crippen LogP contribution in [0.1, 0.15) is 31.2 Å². The Morgan fingerprint density at radius 3 is 2.85 bits per heavy atom. The Kier molecular flexibility index (Phi) is 3.22. The van der Waals surface area contributed by atoms with E-state index in [2.05, 4.69) is 36.4 Å². The summed E-state index contributed by atoms with van der Waals surface area (Å²) in [6.07, 6.45) is 4.16. The molecule has 1 N–H and O–H groups in total. The van der Waals surface area contributed by atoms with Gasteiger partial charge in [0, 0.05) is 37.6 Å². The normalized spacial score (nSPS) is 11.4. The number of hydrogen-bond donors (Lipinski definition) is 1. The van der Waals surface area contributed by atoms with E-state index in [1.807, 2.05) is 36.0 Å². The molecule has 104 valence electrons. The Morgan fingerprint density at radius 2 is 2.15 bits per heavy atom. The fraction of sp³-hybridized carbons (Fsp3) is 0.312. The molecule has 2 heterocycles. The molecule has 0 bridgehead atoms. The van der Waals surface area contributed by atoms with Crippen LogP contribution < -0.4 is 5.32 Å². The lowest BCUT2D eigenvalue weighted by atomic mass is 10.2. The Balaban J connectivity index is 1.78. The summed E-state index contributed by atoms with van der Waals surface area (Å²) in [6.45, 7) is 4.97. The van der Waals surface area contributed by atoms with Crippen LogP contribution in [-0.4, -0.2) is 9.55 Å². The highest BCUT2D eigenvalue weighted by molar-refractivity contribution is 5.77. The van der Waals surface area contributed by atoms with E-state index in [0.29, 0.717) is 5.92 Å². The molecule has 4 nitrogen and oxygen atoms in total. The number of hydrogen-bond acceptors (Lipinski definition) is 3. The zero-order chi connectivity index (χ0) is 14.1. The SMILES string of the molecule is CC(C)c1nc2cc(NCc3ccn(C)c3)ccc2o1. The highest BCUT2D eigenvalue weighted by Gasteiger charge is 2.09. The lowest BCUT2D eigenvalue weighted by Gasteiger charge is -2.04. The van der Waals surface area contributed by atoms with Crippen LogP contribution in [0.4, 0.5) is 5.69 Å². The number of nitrogens with one attached hydrogen (secondary N) is 1. The molecule has 0 amide bonds. The Bertz CT molecular complexity index is 724. The molecule has 0 atom stereocenters. The van der Waals surface area contributed by atoms with Crippen molar-refractivity contribution in [1.82, 2.24) is 9.55 Å². The zero-order valence-corrected chi connectivity index (χ0v) is 12.1. The highest BCUT2D eigenvalue weighted by Crippen LogP contribution is 2.24. The van der Waals surface area contributed by atoms with Gasteiger partial charge in [-0.1, -0.05) is 13.8 Å². The molecule has 4 heteroatoms. The van der Waals surface area contributed by atoms with Crippen molar-refractivity contribution in [3.8, 4) is 0 Å². The molecule has 0 unspecified atom stereocenters. The second-order valence-corrected chi connectivity index (χ2v) is 5.43. The molecule has 0 aliphatic carbocycles. The highest BCUT2D eigenvalue weighted by atomic mass is 16.3. The first-order valence-electron chi connectivity index (χ1n) is 6.87. The summed E-state index contributed by atoms with van der Waals surface area (Å²) in [7, 11) is 2.03. The largest absolute Gasteiger partial charge is 0.440 e. The molecule has 0 aliphatic rings. The molecule has 3 aromatic rings. The summed E-state index contributed by atoms with van der Waals surface area (Å²) >= 11 is 0. The minimum Gasteiger partial charge on any atom is -0.440 e. The summed E-state index contributed by atoms with van der Waals surface area (Å²) in [5.41, 5.74) is 4.08. The van der Waals surface area contributed by atoms with Crippen molar-refractivity contribution in [2.45, 2.75) is 26.3 Å². The van der Waals surface area contributed by atoms with Gasteiger partial charge in [-0.15, -0.1) is 0 Å². The van der Waals surface area contributed by atoms with Gasteiger partial charge in [-0.25, -0.2) is 4.98 Å². The van der Waals surface area contributed by atoms with Gasteiger partial charge in [0.05, 0.1) is 0 Å². The minimum atomic E-state index is 0.308. The van der Waals surface area contributed by atoms with Crippen LogP contribution in [0.15, 0.2) is 41.1 Å². The first-order valence-corrected chi connectivity index (χ1v) is 6.87. The number of fused-ring (bicyclic) bond motifs is 1. The maximum Gasteiger partial charge on any atom is 0.198 e. The van der Waals surface area contributed by atoms with E-state index in [-0.39, 0.29) is 0 Å². The molecule has 0 radical (unpaired) electrons. The Hall–Kier alpha value is -2.23. The number of aromatic nitrogens is 2. The van der Waals surface area contributed by atoms with Gasteiger partial charge in [-0.2, -0.15) is 0 Å².